The Morgan fingerprint density at radius 2 is 2.27 bits per heavy atom. The first-order chi connectivity index (χ1) is 5.38. The van der Waals surface area contributed by atoms with Crippen molar-refractivity contribution < 1.29 is 0 Å². The second-order valence-electron chi connectivity index (χ2n) is 2.25. The van der Waals surface area contributed by atoms with Crippen LogP contribution in [-0.4, -0.2) is 9.97 Å². The summed E-state index contributed by atoms with van der Waals surface area (Å²) in [6, 6.07) is 5.29. The summed E-state index contributed by atoms with van der Waals surface area (Å²) in [5.41, 5.74) is 0.638. The van der Waals surface area contributed by atoms with E-state index in [4.69, 9.17) is 0 Å². The molecular weight excluding hydrogens is 140 g/mol. The van der Waals surface area contributed by atoms with Crippen LogP contribution in [0.25, 0.3) is 10.9 Å². The maximum Gasteiger partial charge on any atom is 0.279 e. The minimum Gasteiger partial charge on any atom is -0.361 e. The van der Waals surface area contributed by atoms with E-state index in [-0.39, 0.29) is 5.56 Å². The molecule has 3 heteroatoms. The van der Waals surface area contributed by atoms with Crippen molar-refractivity contribution in [2.24, 2.45) is 0 Å². The fourth-order valence-electron chi connectivity index (χ4n) is 1.03. The highest BCUT2D eigenvalue weighted by Crippen LogP contribution is 2.02. The summed E-state index contributed by atoms with van der Waals surface area (Å²) >= 11 is 0. The lowest BCUT2D eigenvalue weighted by Crippen LogP contribution is -1.98. The Balaban J connectivity index is 3.09. The molecule has 1 N–H and O–H groups in total. The first kappa shape index (κ1) is 6.09. The van der Waals surface area contributed by atoms with Gasteiger partial charge < -0.3 is 4.98 Å². The predicted molar refractivity (Wildman–Crippen MR) is 42.4 cm³/mol. The predicted octanol–water partition coefficient (Wildman–Crippen LogP) is 0.923. The average molecular weight is 146 g/mol. The number of aromatic nitrogens is 2. The number of H-pyrrole nitrogens is 1. The van der Waals surface area contributed by atoms with Crippen LogP contribution in [0.4, 0.5) is 0 Å². The van der Waals surface area contributed by atoms with Crippen LogP contribution in [0.2, 0.25) is 0 Å². The van der Waals surface area contributed by atoms with Gasteiger partial charge in [0, 0.05) is 12.4 Å². The molecule has 0 radical (unpaired) electrons. The molecule has 2 aromatic rings. The van der Waals surface area contributed by atoms with E-state index in [2.05, 4.69) is 9.97 Å². The van der Waals surface area contributed by atoms with Crippen LogP contribution in [0.1, 0.15) is 0 Å². The molecule has 2 heterocycles. The monoisotopic (exact) mass is 146 g/mol. The number of nitrogens with zero attached hydrogens (tertiary/aromatic N) is 1. The first-order valence-corrected chi connectivity index (χ1v) is 3.30. The van der Waals surface area contributed by atoms with Gasteiger partial charge in [0.2, 0.25) is 0 Å². The Bertz CT molecular complexity index is 433. The van der Waals surface area contributed by atoms with Crippen molar-refractivity contribution in [3.63, 3.8) is 0 Å². The van der Waals surface area contributed by atoms with E-state index in [9.17, 15) is 4.79 Å². The van der Waals surface area contributed by atoms with Gasteiger partial charge in [-0.2, -0.15) is 0 Å². The van der Waals surface area contributed by atoms with Gasteiger partial charge in [0.25, 0.3) is 5.56 Å². The molecule has 0 spiro atoms. The minimum absolute atomic E-state index is 0.189. The van der Waals surface area contributed by atoms with Gasteiger partial charge in [0.05, 0.1) is 10.9 Å². The van der Waals surface area contributed by atoms with Crippen molar-refractivity contribution in [2.75, 3.05) is 0 Å². The maximum atomic E-state index is 11.1. The number of aromatic amines is 1. The summed E-state index contributed by atoms with van der Waals surface area (Å²) in [4.78, 5) is 17.7. The normalized spacial score (nSPS) is 10.2. The number of hydrogen-bond donors (Lipinski definition) is 1. The lowest BCUT2D eigenvalue weighted by atomic mass is 10.4. The molecule has 0 fully saturated rings. The highest BCUT2D eigenvalue weighted by atomic mass is 16.1. The number of fused-ring (bicyclic) bond motifs is 1. The summed E-state index contributed by atoms with van der Waals surface area (Å²) in [5, 5.41) is 0.634. The van der Waals surface area contributed by atoms with E-state index >= 15 is 0 Å². The third-order valence-corrected chi connectivity index (χ3v) is 1.55. The van der Waals surface area contributed by atoms with Crippen molar-refractivity contribution in [1.82, 2.24) is 9.97 Å². The number of rotatable bonds is 0. The molecule has 11 heavy (non-hydrogen) atoms. The van der Waals surface area contributed by atoms with E-state index in [0.717, 1.165) is 5.52 Å². The van der Waals surface area contributed by atoms with Crippen LogP contribution in [0.3, 0.4) is 0 Å². The molecule has 0 bridgehead atoms. The van der Waals surface area contributed by atoms with Crippen LogP contribution in [0, 0.1) is 0 Å². The fourth-order valence-corrected chi connectivity index (χ4v) is 1.03. The molecule has 0 unspecified atom stereocenters. The van der Waals surface area contributed by atoms with Gasteiger partial charge >= 0.3 is 0 Å². The molecule has 0 atom stereocenters. The zero-order valence-corrected chi connectivity index (χ0v) is 5.74. The Labute approximate surface area is 62.7 Å². The molecule has 2 rings (SSSR count). The van der Waals surface area contributed by atoms with Gasteiger partial charge in [0.15, 0.2) is 0 Å². The van der Waals surface area contributed by atoms with E-state index in [1.807, 2.05) is 6.07 Å². The van der Waals surface area contributed by atoms with Gasteiger partial charge in [-0.25, -0.2) is 4.98 Å². The van der Waals surface area contributed by atoms with Gasteiger partial charge in [0.1, 0.15) is 0 Å². The highest BCUT2D eigenvalue weighted by Gasteiger charge is 1.94. The lowest BCUT2D eigenvalue weighted by Gasteiger charge is -1.73. The molecular formula is C8H6N2O. The van der Waals surface area contributed by atoms with E-state index < -0.39 is 0 Å². The Morgan fingerprint density at radius 1 is 1.36 bits per heavy atom. The first-order valence-electron chi connectivity index (χ1n) is 3.30. The quantitative estimate of drug-likeness (QED) is 0.600. The molecule has 3 nitrogen and oxygen atoms in total. The van der Waals surface area contributed by atoms with Crippen LogP contribution in [0.15, 0.2) is 35.4 Å². The maximum absolute atomic E-state index is 11.1. The summed E-state index contributed by atoms with van der Waals surface area (Å²) in [6.45, 7) is 0. The Morgan fingerprint density at radius 3 is 3.18 bits per heavy atom. The Hall–Kier alpha value is -1.64. The summed E-state index contributed by atoms with van der Waals surface area (Å²) in [5.74, 6) is 0. The summed E-state index contributed by atoms with van der Waals surface area (Å²) < 4.78 is 0. The van der Waals surface area contributed by atoms with Gasteiger partial charge in [-0.1, -0.05) is 0 Å². The van der Waals surface area contributed by atoms with Crippen molar-refractivity contribution >= 4 is 10.9 Å². The summed E-state index contributed by atoms with van der Waals surface area (Å²) in [6.07, 6.45) is 3.23. The molecule has 0 aliphatic carbocycles. The van der Waals surface area contributed by atoms with E-state index in [0.29, 0.717) is 5.39 Å². The molecule has 2 aromatic heterocycles. The number of hydrogen-bond acceptors (Lipinski definition) is 2. The number of nitrogens with one attached hydrogen (secondary N) is 1. The van der Waals surface area contributed by atoms with Crippen LogP contribution < -0.4 is 5.56 Å². The van der Waals surface area contributed by atoms with Crippen LogP contribution in [0.5, 0.6) is 0 Å². The molecule has 0 amide bonds. The Kier molecular flexibility index (Phi) is 1.22. The molecule has 0 aliphatic rings. The smallest absolute Gasteiger partial charge is 0.279 e. The van der Waals surface area contributed by atoms with Crippen molar-refractivity contribution in [3.8, 4) is 0 Å². The van der Waals surface area contributed by atoms with Crippen molar-refractivity contribution in [1.29, 1.82) is 0 Å². The van der Waals surface area contributed by atoms with Crippen LogP contribution in [-0.2, 0) is 0 Å². The van der Waals surface area contributed by atoms with Gasteiger partial charge in [-0.05, 0) is 18.2 Å². The SMILES string of the molecule is O=c1ncccc2[nH]ccc12. The van der Waals surface area contributed by atoms with Gasteiger partial charge in [-0.15, -0.1) is 0 Å². The minimum atomic E-state index is -0.189. The zero-order chi connectivity index (χ0) is 7.68. The standard InChI is InChI=1S/C8H6N2O/c11-8-6-3-5-9-7(6)2-1-4-10-8/h1-5,9H. The second-order valence-corrected chi connectivity index (χ2v) is 2.25. The lowest BCUT2D eigenvalue weighted by molar-refractivity contribution is 1.30. The van der Waals surface area contributed by atoms with Crippen molar-refractivity contribution in [3.05, 3.63) is 40.9 Å². The third-order valence-electron chi connectivity index (χ3n) is 1.55. The molecule has 0 saturated heterocycles. The molecule has 54 valence electrons. The average Bonchev–Trinajstić information content (AvgIpc) is 2.40. The van der Waals surface area contributed by atoms with E-state index in [1.165, 1.54) is 6.20 Å². The fraction of sp³-hybridized carbons (Fsp3) is 0. The van der Waals surface area contributed by atoms with Crippen LogP contribution >= 0.6 is 0 Å². The highest BCUT2D eigenvalue weighted by molar-refractivity contribution is 5.77. The largest absolute Gasteiger partial charge is 0.361 e. The topological polar surface area (TPSA) is 45.8 Å². The van der Waals surface area contributed by atoms with Crippen molar-refractivity contribution in [2.45, 2.75) is 0 Å². The zero-order valence-electron chi connectivity index (χ0n) is 5.74. The third kappa shape index (κ3) is 0.902. The molecule has 0 aliphatic heterocycles. The molecule has 0 aromatic carbocycles. The van der Waals surface area contributed by atoms with E-state index in [1.54, 1.807) is 18.3 Å². The summed E-state index contributed by atoms with van der Waals surface area (Å²) in [7, 11) is 0. The second kappa shape index (κ2) is 2.20. The van der Waals surface area contributed by atoms with Gasteiger partial charge in [-0.3, -0.25) is 4.79 Å². The molecule has 0 saturated carbocycles.